The van der Waals surface area contributed by atoms with Gasteiger partial charge in [0.2, 0.25) is 0 Å². The Morgan fingerprint density at radius 2 is 2.05 bits per heavy atom. The number of carbonyl (C=O) groups excluding carboxylic acids is 1. The number of likely N-dealkylation sites (tertiary alicyclic amines) is 1. The number of carbonyl (C=O) groups is 1. The lowest BCUT2D eigenvalue weighted by Crippen LogP contribution is -2.51. The van der Waals surface area contributed by atoms with Gasteiger partial charge in [0.1, 0.15) is 0 Å². The first-order valence-electron chi connectivity index (χ1n) is 7.63. The maximum absolute atomic E-state index is 11.3. The lowest BCUT2D eigenvalue weighted by atomic mass is 9.85. The Balaban J connectivity index is 1.83. The Hall–Kier alpha value is -0.610. The van der Waals surface area contributed by atoms with Gasteiger partial charge in [-0.3, -0.25) is 4.79 Å². The average molecular weight is 268 g/mol. The van der Waals surface area contributed by atoms with Crippen molar-refractivity contribution < 1.29 is 9.53 Å². The second-order valence-electron chi connectivity index (χ2n) is 6.46. The van der Waals surface area contributed by atoms with Gasteiger partial charge in [-0.2, -0.15) is 0 Å². The fourth-order valence-corrected chi connectivity index (χ4v) is 2.95. The number of piperidine rings is 1. The van der Waals surface area contributed by atoms with Crippen molar-refractivity contribution >= 4 is 5.97 Å². The molecule has 19 heavy (non-hydrogen) atoms. The molecule has 110 valence electrons. The first-order chi connectivity index (χ1) is 9.08. The van der Waals surface area contributed by atoms with E-state index in [1.807, 2.05) is 0 Å². The van der Waals surface area contributed by atoms with E-state index in [4.69, 9.17) is 4.74 Å². The quantitative estimate of drug-likeness (QED) is 0.744. The van der Waals surface area contributed by atoms with Gasteiger partial charge in [-0.15, -0.1) is 0 Å². The van der Waals surface area contributed by atoms with Crippen LogP contribution >= 0.6 is 0 Å². The van der Waals surface area contributed by atoms with Crippen LogP contribution in [-0.4, -0.2) is 49.7 Å². The summed E-state index contributed by atoms with van der Waals surface area (Å²) in [6.07, 6.45) is 4.47. The molecular weight excluding hydrogens is 240 g/mol. The molecule has 4 nitrogen and oxygen atoms in total. The Kier molecular flexibility index (Phi) is 5.22. The molecule has 1 saturated heterocycles. The van der Waals surface area contributed by atoms with Gasteiger partial charge in [0.25, 0.3) is 0 Å². The first-order valence-corrected chi connectivity index (χ1v) is 7.63. The highest BCUT2D eigenvalue weighted by Crippen LogP contribution is 2.27. The Bertz CT molecular complexity index is 303. The number of esters is 1. The lowest BCUT2D eigenvalue weighted by molar-refractivity contribution is -0.141. The summed E-state index contributed by atoms with van der Waals surface area (Å²) in [4.78, 5) is 13.7. The molecule has 0 bridgehead atoms. The van der Waals surface area contributed by atoms with Gasteiger partial charge in [-0.05, 0) is 31.1 Å². The van der Waals surface area contributed by atoms with Crippen LogP contribution in [0.2, 0.25) is 0 Å². The fraction of sp³-hybridized carbons (Fsp3) is 0.933. The van der Waals surface area contributed by atoms with Crippen molar-refractivity contribution in [3.05, 3.63) is 0 Å². The number of methoxy groups -OCH3 is 1. The molecule has 0 spiro atoms. The minimum absolute atomic E-state index is 0.0987. The molecule has 1 aliphatic heterocycles. The highest BCUT2D eigenvalue weighted by atomic mass is 16.5. The van der Waals surface area contributed by atoms with E-state index in [-0.39, 0.29) is 5.97 Å². The van der Waals surface area contributed by atoms with Crippen LogP contribution in [0.15, 0.2) is 0 Å². The van der Waals surface area contributed by atoms with Crippen LogP contribution in [0.1, 0.15) is 39.5 Å². The summed E-state index contributed by atoms with van der Waals surface area (Å²) in [6.45, 7) is 7.65. The first kappa shape index (κ1) is 14.8. The second-order valence-corrected chi connectivity index (χ2v) is 6.46. The van der Waals surface area contributed by atoms with E-state index < -0.39 is 0 Å². The summed E-state index contributed by atoms with van der Waals surface area (Å²) in [5, 5.41) is 3.75. The molecule has 0 aromatic carbocycles. The fourth-order valence-electron chi connectivity index (χ4n) is 2.95. The summed E-state index contributed by atoms with van der Waals surface area (Å²) in [7, 11) is 1.47. The maximum Gasteiger partial charge on any atom is 0.306 e. The molecule has 1 saturated carbocycles. The number of hydrogen-bond acceptors (Lipinski definition) is 4. The van der Waals surface area contributed by atoms with Crippen LogP contribution < -0.4 is 5.32 Å². The zero-order valence-corrected chi connectivity index (χ0v) is 12.5. The monoisotopic (exact) mass is 268 g/mol. The molecule has 0 radical (unpaired) electrons. The van der Waals surface area contributed by atoms with E-state index in [0.717, 1.165) is 31.6 Å². The van der Waals surface area contributed by atoms with Crippen molar-refractivity contribution in [2.24, 2.45) is 11.8 Å². The molecular formula is C15H28N2O2. The van der Waals surface area contributed by atoms with E-state index in [1.165, 1.54) is 26.4 Å². The third-order valence-corrected chi connectivity index (χ3v) is 4.41. The molecule has 1 heterocycles. The molecule has 0 aromatic heterocycles. The van der Waals surface area contributed by atoms with Crippen LogP contribution in [0, 0.1) is 11.8 Å². The SMILES string of the molecule is COC(=O)CCN1CC(NC2CC2)CC(C(C)C)C1. The Morgan fingerprint density at radius 1 is 1.32 bits per heavy atom. The topological polar surface area (TPSA) is 41.6 Å². The molecule has 1 N–H and O–H groups in total. The van der Waals surface area contributed by atoms with Gasteiger partial charge in [-0.1, -0.05) is 13.8 Å². The lowest BCUT2D eigenvalue weighted by Gasteiger charge is -2.40. The maximum atomic E-state index is 11.3. The molecule has 2 fully saturated rings. The summed E-state index contributed by atoms with van der Waals surface area (Å²) >= 11 is 0. The predicted molar refractivity (Wildman–Crippen MR) is 76.0 cm³/mol. The van der Waals surface area contributed by atoms with Crippen molar-refractivity contribution in [1.82, 2.24) is 10.2 Å². The third-order valence-electron chi connectivity index (χ3n) is 4.41. The zero-order valence-electron chi connectivity index (χ0n) is 12.5. The number of hydrogen-bond donors (Lipinski definition) is 1. The molecule has 4 heteroatoms. The Morgan fingerprint density at radius 3 is 2.63 bits per heavy atom. The minimum atomic E-state index is -0.0987. The average Bonchev–Trinajstić information content (AvgIpc) is 3.19. The third kappa shape index (κ3) is 4.77. The van der Waals surface area contributed by atoms with Crippen molar-refractivity contribution in [3.8, 4) is 0 Å². The summed E-state index contributed by atoms with van der Waals surface area (Å²) in [6, 6.07) is 1.37. The molecule has 2 unspecified atom stereocenters. The van der Waals surface area contributed by atoms with Crippen molar-refractivity contribution in [1.29, 1.82) is 0 Å². The van der Waals surface area contributed by atoms with Gasteiger partial charge in [0.15, 0.2) is 0 Å². The number of nitrogens with zero attached hydrogens (tertiary/aromatic N) is 1. The van der Waals surface area contributed by atoms with Gasteiger partial charge in [-0.25, -0.2) is 0 Å². The number of nitrogens with one attached hydrogen (secondary N) is 1. The number of rotatable bonds is 6. The molecule has 1 aliphatic carbocycles. The highest BCUT2D eigenvalue weighted by molar-refractivity contribution is 5.69. The molecule has 2 aliphatic rings. The second kappa shape index (κ2) is 6.71. The number of ether oxygens (including phenoxy) is 1. The normalized spacial score (nSPS) is 28.6. The van der Waals surface area contributed by atoms with Gasteiger partial charge < -0.3 is 15.0 Å². The van der Waals surface area contributed by atoms with Crippen LogP contribution in [0.4, 0.5) is 0 Å². The van der Waals surface area contributed by atoms with Gasteiger partial charge in [0, 0.05) is 31.7 Å². The van der Waals surface area contributed by atoms with Crippen LogP contribution in [-0.2, 0) is 9.53 Å². The van der Waals surface area contributed by atoms with Crippen LogP contribution in [0.3, 0.4) is 0 Å². The molecule has 0 amide bonds. The molecule has 0 aromatic rings. The van der Waals surface area contributed by atoms with Crippen LogP contribution in [0.5, 0.6) is 0 Å². The summed E-state index contributed by atoms with van der Waals surface area (Å²) < 4.78 is 4.74. The van der Waals surface area contributed by atoms with E-state index >= 15 is 0 Å². The molecule has 2 rings (SSSR count). The van der Waals surface area contributed by atoms with Gasteiger partial charge in [0.05, 0.1) is 13.5 Å². The summed E-state index contributed by atoms with van der Waals surface area (Å²) in [5.74, 6) is 1.35. The smallest absolute Gasteiger partial charge is 0.306 e. The van der Waals surface area contributed by atoms with E-state index in [1.54, 1.807) is 0 Å². The molecule has 2 atom stereocenters. The zero-order chi connectivity index (χ0) is 13.8. The van der Waals surface area contributed by atoms with E-state index in [2.05, 4.69) is 24.1 Å². The Labute approximate surface area is 116 Å². The van der Waals surface area contributed by atoms with Crippen LogP contribution in [0.25, 0.3) is 0 Å². The van der Waals surface area contributed by atoms with E-state index in [9.17, 15) is 4.79 Å². The standard InChI is InChI=1S/C15H28N2O2/c1-11(2)12-8-14(16-13-4-5-13)10-17(9-12)7-6-15(18)19-3/h11-14,16H,4-10H2,1-3H3. The van der Waals surface area contributed by atoms with Crippen molar-refractivity contribution in [2.75, 3.05) is 26.7 Å². The summed E-state index contributed by atoms with van der Waals surface area (Å²) in [5.41, 5.74) is 0. The minimum Gasteiger partial charge on any atom is -0.469 e. The van der Waals surface area contributed by atoms with Crippen molar-refractivity contribution in [2.45, 2.75) is 51.6 Å². The van der Waals surface area contributed by atoms with Crippen molar-refractivity contribution in [3.63, 3.8) is 0 Å². The largest absolute Gasteiger partial charge is 0.469 e. The predicted octanol–water partition coefficient (Wildman–Crippen LogP) is 1.65. The highest BCUT2D eigenvalue weighted by Gasteiger charge is 2.32. The van der Waals surface area contributed by atoms with Gasteiger partial charge >= 0.3 is 5.97 Å². The van der Waals surface area contributed by atoms with E-state index in [0.29, 0.717) is 18.4 Å².